The lowest BCUT2D eigenvalue weighted by Gasteiger charge is -2.23. The molecular formula is C26H22ClNO3. The summed E-state index contributed by atoms with van der Waals surface area (Å²) >= 11 is 6.17. The number of fused-ring (bicyclic) bond motifs is 1. The molecule has 4 rings (SSSR count). The molecule has 3 aromatic carbocycles. The molecule has 3 aromatic rings. The second-order valence-electron chi connectivity index (χ2n) is 7.73. The molecule has 1 N–H and O–H groups in total. The first-order chi connectivity index (χ1) is 14.9. The fourth-order valence-electron chi connectivity index (χ4n) is 3.87. The van der Waals surface area contributed by atoms with E-state index in [4.69, 9.17) is 11.6 Å². The Kier molecular flexibility index (Phi) is 5.77. The van der Waals surface area contributed by atoms with Crippen LogP contribution in [0.1, 0.15) is 28.7 Å². The van der Waals surface area contributed by atoms with Crippen molar-refractivity contribution in [2.45, 2.75) is 25.5 Å². The van der Waals surface area contributed by atoms with Crippen LogP contribution in [0.4, 0.5) is 5.69 Å². The summed E-state index contributed by atoms with van der Waals surface area (Å²) in [7, 11) is 0. The molecule has 0 saturated heterocycles. The summed E-state index contributed by atoms with van der Waals surface area (Å²) in [6.45, 7) is 2.28. The van der Waals surface area contributed by atoms with Gasteiger partial charge in [-0.3, -0.25) is 9.59 Å². The summed E-state index contributed by atoms with van der Waals surface area (Å²) in [4.78, 5) is 27.6. The van der Waals surface area contributed by atoms with Crippen molar-refractivity contribution in [3.63, 3.8) is 0 Å². The first kappa shape index (κ1) is 21.0. The summed E-state index contributed by atoms with van der Waals surface area (Å²) in [5.41, 5.74) is 1.85. The van der Waals surface area contributed by atoms with Crippen LogP contribution in [0.15, 0.2) is 78.9 Å². The van der Waals surface area contributed by atoms with E-state index in [0.29, 0.717) is 22.8 Å². The van der Waals surface area contributed by atoms with E-state index < -0.39 is 11.5 Å². The number of anilines is 1. The number of ketones is 1. The molecule has 0 bridgehead atoms. The van der Waals surface area contributed by atoms with Crippen LogP contribution in [0, 0.1) is 6.92 Å². The fourth-order valence-corrected chi connectivity index (χ4v) is 4.04. The summed E-state index contributed by atoms with van der Waals surface area (Å²) in [6, 6.07) is 22.1. The van der Waals surface area contributed by atoms with E-state index in [9.17, 15) is 14.7 Å². The highest BCUT2D eigenvalue weighted by Gasteiger charge is 2.50. The SMILES string of the molecule is Cc1ccccc1CN1C(=O)C(O)(CC(=O)C=Cc2ccccc2)c2cc(Cl)ccc21. The molecule has 0 fully saturated rings. The molecule has 1 atom stereocenters. The number of hydrogen-bond donors (Lipinski definition) is 1. The minimum Gasteiger partial charge on any atom is -0.375 e. The van der Waals surface area contributed by atoms with Crippen LogP contribution in [-0.4, -0.2) is 16.8 Å². The van der Waals surface area contributed by atoms with E-state index in [-0.39, 0.29) is 12.2 Å². The van der Waals surface area contributed by atoms with Crippen LogP contribution in [-0.2, 0) is 21.7 Å². The van der Waals surface area contributed by atoms with Gasteiger partial charge in [-0.15, -0.1) is 0 Å². The maximum atomic E-state index is 13.4. The van der Waals surface area contributed by atoms with Crippen LogP contribution < -0.4 is 4.90 Å². The monoisotopic (exact) mass is 431 g/mol. The van der Waals surface area contributed by atoms with Gasteiger partial charge in [-0.2, -0.15) is 0 Å². The zero-order chi connectivity index (χ0) is 22.0. The van der Waals surface area contributed by atoms with E-state index in [1.807, 2.05) is 61.5 Å². The van der Waals surface area contributed by atoms with Crippen molar-refractivity contribution >= 4 is 35.1 Å². The lowest BCUT2D eigenvalue weighted by Crippen LogP contribution is -2.41. The number of nitrogens with zero attached hydrogens (tertiary/aromatic N) is 1. The zero-order valence-electron chi connectivity index (χ0n) is 17.1. The first-order valence-corrected chi connectivity index (χ1v) is 10.4. The Morgan fingerprint density at radius 2 is 1.77 bits per heavy atom. The van der Waals surface area contributed by atoms with E-state index in [1.165, 1.54) is 11.0 Å². The third kappa shape index (κ3) is 4.18. The number of carbonyl (C=O) groups is 2. The van der Waals surface area contributed by atoms with Crippen LogP contribution in [0.5, 0.6) is 0 Å². The number of benzene rings is 3. The van der Waals surface area contributed by atoms with Crippen molar-refractivity contribution in [2.75, 3.05) is 4.90 Å². The highest BCUT2D eigenvalue weighted by atomic mass is 35.5. The predicted octanol–water partition coefficient (Wildman–Crippen LogP) is 5.06. The minimum absolute atomic E-state index is 0.302. The lowest BCUT2D eigenvalue weighted by atomic mass is 9.89. The van der Waals surface area contributed by atoms with Crippen LogP contribution >= 0.6 is 11.6 Å². The van der Waals surface area contributed by atoms with Crippen molar-refractivity contribution in [2.24, 2.45) is 0 Å². The number of hydrogen-bond acceptors (Lipinski definition) is 3. The van der Waals surface area contributed by atoms with Crippen molar-refractivity contribution in [1.29, 1.82) is 0 Å². The topological polar surface area (TPSA) is 57.6 Å². The van der Waals surface area contributed by atoms with E-state index >= 15 is 0 Å². The van der Waals surface area contributed by atoms with Crippen molar-refractivity contribution in [3.8, 4) is 0 Å². The number of allylic oxidation sites excluding steroid dienone is 1. The third-order valence-electron chi connectivity index (χ3n) is 5.57. The van der Waals surface area contributed by atoms with Gasteiger partial charge in [0.15, 0.2) is 11.4 Å². The largest absolute Gasteiger partial charge is 0.375 e. The quantitative estimate of drug-likeness (QED) is 0.555. The Morgan fingerprint density at radius 1 is 1.06 bits per heavy atom. The van der Waals surface area contributed by atoms with E-state index in [1.54, 1.807) is 24.3 Å². The average molecular weight is 432 g/mol. The summed E-state index contributed by atoms with van der Waals surface area (Å²) in [6.07, 6.45) is 2.72. The Morgan fingerprint density at radius 3 is 2.52 bits per heavy atom. The second kappa shape index (κ2) is 8.50. The van der Waals surface area contributed by atoms with E-state index in [2.05, 4.69) is 0 Å². The molecule has 0 aliphatic carbocycles. The van der Waals surface area contributed by atoms with Gasteiger partial charge in [0.25, 0.3) is 5.91 Å². The first-order valence-electron chi connectivity index (χ1n) is 10.0. The standard InChI is InChI=1S/C26H22ClNO3/c1-18-7-5-6-10-20(18)17-28-24-14-12-21(27)15-23(24)26(31,25(28)30)16-22(29)13-11-19-8-3-2-4-9-19/h2-15,31H,16-17H2,1H3. The lowest BCUT2D eigenvalue weighted by molar-refractivity contribution is -0.140. The summed E-state index contributed by atoms with van der Waals surface area (Å²) in [5.74, 6) is -0.863. The van der Waals surface area contributed by atoms with Gasteiger partial charge >= 0.3 is 0 Å². The molecule has 1 unspecified atom stereocenters. The van der Waals surface area contributed by atoms with Crippen LogP contribution in [0.2, 0.25) is 5.02 Å². The minimum atomic E-state index is -1.96. The molecular weight excluding hydrogens is 410 g/mol. The molecule has 0 radical (unpaired) electrons. The molecule has 1 aliphatic heterocycles. The van der Waals surface area contributed by atoms with Gasteiger partial charge in [0.2, 0.25) is 0 Å². The van der Waals surface area contributed by atoms with Crippen molar-refractivity contribution in [3.05, 3.63) is 106 Å². The molecule has 1 amide bonds. The van der Waals surface area contributed by atoms with Gasteiger partial charge in [0.1, 0.15) is 0 Å². The molecule has 0 aromatic heterocycles. The van der Waals surface area contributed by atoms with Crippen LogP contribution in [0.3, 0.4) is 0 Å². The molecule has 5 heteroatoms. The zero-order valence-corrected chi connectivity index (χ0v) is 17.8. The van der Waals surface area contributed by atoms with Gasteiger partial charge < -0.3 is 10.0 Å². The molecule has 4 nitrogen and oxygen atoms in total. The van der Waals surface area contributed by atoms with E-state index in [0.717, 1.165) is 16.7 Å². The molecule has 1 heterocycles. The fraction of sp³-hybridized carbons (Fsp3) is 0.154. The maximum absolute atomic E-state index is 13.4. The number of amides is 1. The molecule has 31 heavy (non-hydrogen) atoms. The number of rotatable bonds is 6. The maximum Gasteiger partial charge on any atom is 0.264 e. The normalized spacial score (nSPS) is 17.9. The highest BCUT2D eigenvalue weighted by molar-refractivity contribution is 6.31. The molecule has 156 valence electrons. The number of carbonyl (C=O) groups excluding carboxylic acids is 2. The van der Waals surface area contributed by atoms with Crippen molar-refractivity contribution in [1.82, 2.24) is 0 Å². The average Bonchev–Trinajstić information content (AvgIpc) is 2.96. The molecule has 0 saturated carbocycles. The second-order valence-corrected chi connectivity index (χ2v) is 8.16. The Hall–Kier alpha value is -3.21. The molecule has 1 aliphatic rings. The Bertz CT molecular complexity index is 1170. The van der Waals surface area contributed by atoms with Gasteiger partial charge in [-0.1, -0.05) is 72.3 Å². The Balaban J connectivity index is 1.65. The Labute approximate surface area is 186 Å². The number of aliphatic hydroxyl groups is 1. The van der Waals surface area contributed by atoms with Crippen LogP contribution in [0.25, 0.3) is 6.08 Å². The summed E-state index contributed by atoms with van der Waals surface area (Å²) < 4.78 is 0. The number of aryl methyl sites for hydroxylation is 1. The third-order valence-corrected chi connectivity index (χ3v) is 5.81. The van der Waals surface area contributed by atoms with Gasteiger partial charge in [-0.05, 0) is 47.9 Å². The smallest absolute Gasteiger partial charge is 0.264 e. The van der Waals surface area contributed by atoms with Gasteiger partial charge in [-0.25, -0.2) is 0 Å². The highest BCUT2D eigenvalue weighted by Crippen LogP contribution is 2.44. The van der Waals surface area contributed by atoms with Crippen molar-refractivity contribution < 1.29 is 14.7 Å². The number of halogens is 1. The molecule has 0 spiro atoms. The predicted molar refractivity (Wildman–Crippen MR) is 123 cm³/mol. The summed E-state index contributed by atoms with van der Waals surface area (Å²) in [5, 5.41) is 11.8. The van der Waals surface area contributed by atoms with Gasteiger partial charge in [0, 0.05) is 10.6 Å². The van der Waals surface area contributed by atoms with Gasteiger partial charge in [0.05, 0.1) is 18.7 Å².